The summed E-state index contributed by atoms with van der Waals surface area (Å²) >= 11 is 0. The zero-order valence-electron chi connectivity index (χ0n) is 21.2. The molecule has 0 spiro atoms. The van der Waals surface area contributed by atoms with Crippen molar-refractivity contribution in [3.05, 3.63) is 34.9 Å². The monoisotopic (exact) mass is 440 g/mol. The van der Waals surface area contributed by atoms with Gasteiger partial charge in [0.15, 0.2) is 0 Å². The fraction of sp³-hybridized carbons (Fsp3) is 0.750. The molecule has 2 fully saturated rings. The Labute approximate surface area is 195 Å². The summed E-state index contributed by atoms with van der Waals surface area (Å²) < 4.78 is 0. The second kappa shape index (κ2) is 8.43. The van der Waals surface area contributed by atoms with Crippen molar-refractivity contribution in [3.63, 3.8) is 0 Å². The highest BCUT2D eigenvalue weighted by atomic mass is 16.3. The number of carbonyl (C=O) groups is 1. The van der Waals surface area contributed by atoms with Gasteiger partial charge in [0.25, 0.3) is 0 Å². The van der Waals surface area contributed by atoms with Gasteiger partial charge in [0.05, 0.1) is 12.1 Å². The molecule has 4 rings (SSSR count). The first-order valence-electron chi connectivity index (χ1n) is 12.7. The lowest BCUT2D eigenvalue weighted by molar-refractivity contribution is -0.119. The van der Waals surface area contributed by atoms with Crippen LogP contribution in [0.3, 0.4) is 0 Å². The Hall–Kier alpha value is -1.39. The van der Waals surface area contributed by atoms with Crippen molar-refractivity contribution in [1.29, 1.82) is 0 Å². The van der Waals surface area contributed by atoms with Crippen LogP contribution in [-0.4, -0.2) is 48.2 Å². The van der Waals surface area contributed by atoms with Gasteiger partial charge in [-0.05, 0) is 102 Å². The Balaban J connectivity index is 1.56. The molecule has 178 valence electrons. The van der Waals surface area contributed by atoms with Gasteiger partial charge >= 0.3 is 0 Å². The number of rotatable bonds is 4. The molecule has 8 atom stereocenters. The zero-order valence-corrected chi connectivity index (χ0v) is 21.2. The van der Waals surface area contributed by atoms with E-state index in [-0.39, 0.29) is 17.4 Å². The molecule has 2 saturated carbocycles. The second-order valence-corrected chi connectivity index (χ2v) is 11.8. The molecule has 0 aromatic heterocycles. The van der Waals surface area contributed by atoms with E-state index in [1.54, 1.807) is 5.57 Å². The van der Waals surface area contributed by atoms with E-state index in [4.69, 9.17) is 0 Å². The number of hydrogen-bond donors (Lipinski definition) is 2. The van der Waals surface area contributed by atoms with Crippen LogP contribution in [0.1, 0.15) is 73.1 Å². The van der Waals surface area contributed by atoms with Gasteiger partial charge in [0.2, 0.25) is 5.91 Å². The topological polar surface area (TPSA) is 52.6 Å². The average Bonchev–Trinajstić information content (AvgIpc) is 3.10. The van der Waals surface area contributed by atoms with Crippen LogP contribution < -0.4 is 5.32 Å². The highest BCUT2D eigenvalue weighted by molar-refractivity contribution is 5.93. The first-order valence-corrected chi connectivity index (χ1v) is 12.7. The van der Waals surface area contributed by atoms with Crippen LogP contribution in [0.2, 0.25) is 0 Å². The SMILES string of the molecule is C/C=C(\C)C(=O)N[C@@H]1C=C2CC[C@@H]3[C@H](CC[C@]4(C)C([C@H](C)N(C)C)=CC[C@@H]34)[C@@]2(C)C[C@H]1O. The maximum Gasteiger partial charge on any atom is 0.247 e. The third-order valence-electron chi connectivity index (χ3n) is 10.1. The second-order valence-electron chi connectivity index (χ2n) is 11.8. The number of fused-ring (bicyclic) bond motifs is 5. The lowest BCUT2D eigenvalue weighted by atomic mass is 9.46. The van der Waals surface area contributed by atoms with Gasteiger partial charge in [-0.25, -0.2) is 0 Å². The van der Waals surface area contributed by atoms with E-state index >= 15 is 0 Å². The van der Waals surface area contributed by atoms with Crippen LogP contribution in [0.15, 0.2) is 34.9 Å². The summed E-state index contributed by atoms with van der Waals surface area (Å²) in [5, 5.41) is 14.2. The molecule has 32 heavy (non-hydrogen) atoms. The Morgan fingerprint density at radius 1 is 1.25 bits per heavy atom. The summed E-state index contributed by atoms with van der Waals surface area (Å²) in [6, 6.07) is 0.226. The summed E-state index contributed by atoms with van der Waals surface area (Å²) in [6.45, 7) is 11.0. The molecule has 0 saturated heterocycles. The summed E-state index contributed by atoms with van der Waals surface area (Å²) in [5.74, 6) is 2.01. The number of aliphatic hydroxyl groups excluding tert-OH is 1. The van der Waals surface area contributed by atoms with E-state index in [2.05, 4.69) is 57.2 Å². The Morgan fingerprint density at radius 2 is 1.97 bits per heavy atom. The number of aliphatic hydroxyl groups is 1. The average molecular weight is 441 g/mol. The third kappa shape index (κ3) is 3.62. The molecule has 0 aliphatic heterocycles. The normalized spacial score (nSPS) is 42.4. The highest BCUT2D eigenvalue weighted by Gasteiger charge is 2.58. The molecule has 2 N–H and O–H groups in total. The summed E-state index contributed by atoms with van der Waals surface area (Å²) in [4.78, 5) is 14.8. The smallest absolute Gasteiger partial charge is 0.247 e. The summed E-state index contributed by atoms with van der Waals surface area (Å²) in [5.41, 5.74) is 4.20. The molecule has 0 unspecified atom stereocenters. The van der Waals surface area contributed by atoms with E-state index < -0.39 is 6.10 Å². The molecular weight excluding hydrogens is 396 g/mol. The van der Waals surface area contributed by atoms with E-state index in [9.17, 15) is 9.90 Å². The van der Waals surface area contributed by atoms with Crippen molar-refractivity contribution in [2.75, 3.05) is 14.1 Å². The molecule has 4 nitrogen and oxygen atoms in total. The molecule has 4 aliphatic carbocycles. The molecule has 0 bridgehead atoms. The Kier molecular flexibility index (Phi) is 6.26. The maximum absolute atomic E-state index is 12.4. The van der Waals surface area contributed by atoms with Gasteiger partial charge in [-0.1, -0.05) is 43.2 Å². The van der Waals surface area contributed by atoms with Crippen LogP contribution in [-0.2, 0) is 4.79 Å². The van der Waals surface area contributed by atoms with Crippen molar-refractivity contribution >= 4 is 5.91 Å². The van der Waals surface area contributed by atoms with Crippen molar-refractivity contribution in [3.8, 4) is 0 Å². The molecule has 0 radical (unpaired) electrons. The van der Waals surface area contributed by atoms with Gasteiger partial charge < -0.3 is 15.3 Å². The number of carbonyl (C=O) groups excluding carboxylic acids is 1. The van der Waals surface area contributed by atoms with Crippen LogP contribution in [0, 0.1) is 28.6 Å². The minimum Gasteiger partial charge on any atom is -0.391 e. The van der Waals surface area contributed by atoms with Crippen LogP contribution in [0.5, 0.6) is 0 Å². The lowest BCUT2D eigenvalue weighted by Gasteiger charge is -2.59. The molecule has 1 amide bonds. The Morgan fingerprint density at radius 3 is 2.62 bits per heavy atom. The molecule has 0 aromatic rings. The molecule has 4 heteroatoms. The van der Waals surface area contributed by atoms with Crippen LogP contribution in [0.25, 0.3) is 0 Å². The Bertz CT molecular complexity index is 855. The third-order valence-corrected chi connectivity index (χ3v) is 10.1. The minimum atomic E-state index is -0.518. The minimum absolute atomic E-state index is 0.0520. The predicted molar refractivity (Wildman–Crippen MR) is 131 cm³/mol. The standard InChI is InChI=1S/C28H44N2O2/c1-8-17(2)26(32)29-24-15-19-9-10-20-22-12-11-21(18(3)30(6)7)27(22,4)14-13-23(20)28(19,5)16-25(24)31/h8,11,15,18,20,22-25,31H,9-10,12-14,16H2,1-7H3,(H,29,32)/b17-8+/t18-,20-,22-,23-,24+,25+,27+,28-/m0/s1. The molecular formula is C28H44N2O2. The van der Waals surface area contributed by atoms with Crippen LogP contribution >= 0.6 is 0 Å². The van der Waals surface area contributed by atoms with Crippen LogP contribution in [0.4, 0.5) is 0 Å². The largest absolute Gasteiger partial charge is 0.391 e. The summed E-state index contributed by atoms with van der Waals surface area (Å²) in [7, 11) is 4.39. The van der Waals surface area contributed by atoms with E-state index in [1.807, 2.05) is 19.9 Å². The number of hydrogen-bond acceptors (Lipinski definition) is 3. The number of amides is 1. The van der Waals surface area contributed by atoms with Crippen molar-refractivity contribution in [1.82, 2.24) is 10.2 Å². The number of nitrogens with zero attached hydrogens (tertiary/aromatic N) is 1. The van der Waals surface area contributed by atoms with Crippen molar-refractivity contribution < 1.29 is 9.90 Å². The number of allylic oxidation sites excluding steroid dienone is 3. The lowest BCUT2D eigenvalue weighted by Crippen LogP contribution is -2.55. The highest BCUT2D eigenvalue weighted by Crippen LogP contribution is 2.65. The fourth-order valence-electron chi connectivity index (χ4n) is 7.83. The number of nitrogens with one attached hydrogen (secondary N) is 1. The van der Waals surface area contributed by atoms with Gasteiger partial charge in [0, 0.05) is 11.6 Å². The predicted octanol–water partition coefficient (Wildman–Crippen LogP) is 4.86. The number of likely N-dealkylation sites (N-methyl/N-ethyl adjacent to an activating group) is 1. The van der Waals surface area contributed by atoms with Crippen molar-refractivity contribution in [2.24, 2.45) is 28.6 Å². The van der Waals surface area contributed by atoms with Gasteiger partial charge in [0.1, 0.15) is 0 Å². The quantitative estimate of drug-likeness (QED) is 0.485. The van der Waals surface area contributed by atoms with E-state index in [0.29, 0.717) is 22.9 Å². The van der Waals surface area contributed by atoms with Gasteiger partial charge in [-0.3, -0.25) is 4.79 Å². The molecule has 0 aromatic carbocycles. The first-order chi connectivity index (χ1) is 15.0. The molecule has 0 heterocycles. The fourth-order valence-corrected chi connectivity index (χ4v) is 7.83. The molecule has 4 aliphatic rings. The van der Waals surface area contributed by atoms with E-state index in [0.717, 1.165) is 24.7 Å². The summed E-state index contributed by atoms with van der Waals surface area (Å²) in [6.07, 6.45) is 12.9. The van der Waals surface area contributed by atoms with Gasteiger partial charge in [-0.15, -0.1) is 0 Å². The first kappa shape index (κ1) is 23.8. The van der Waals surface area contributed by atoms with E-state index in [1.165, 1.54) is 31.3 Å². The maximum atomic E-state index is 12.4. The van der Waals surface area contributed by atoms with Crippen molar-refractivity contribution in [2.45, 2.75) is 91.3 Å². The van der Waals surface area contributed by atoms with Gasteiger partial charge in [-0.2, -0.15) is 0 Å². The zero-order chi connectivity index (χ0) is 23.4.